The molecule has 1 N–H and O–H groups in total. The first kappa shape index (κ1) is 22.2. The van der Waals surface area contributed by atoms with Crippen molar-refractivity contribution in [1.29, 1.82) is 0 Å². The Labute approximate surface area is 201 Å². The van der Waals surface area contributed by atoms with Crippen LogP contribution in [0.25, 0.3) is 21.4 Å². The van der Waals surface area contributed by atoms with Crippen LogP contribution < -0.4 is 20.5 Å². The second kappa shape index (κ2) is 9.32. The molecule has 0 atom stereocenters. The highest BCUT2D eigenvalue weighted by Crippen LogP contribution is 2.35. The predicted molar refractivity (Wildman–Crippen MR) is 138 cm³/mol. The van der Waals surface area contributed by atoms with Crippen LogP contribution in [0.4, 0.5) is 17.3 Å². The van der Waals surface area contributed by atoms with Gasteiger partial charge in [-0.1, -0.05) is 12.1 Å². The number of nitrogens with zero attached hydrogens (tertiary/aromatic N) is 2. The van der Waals surface area contributed by atoms with Crippen molar-refractivity contribution in [3.8, 4) is 11.1 Å². The third-order valence-corrected chi connectivity index (χ3v) is 6.83. The molecular formula is C26H25N3O4S. The smallest absolute Gasteiger partial charge is 0.255 e. The normalized spacial score (nSPS) is 13.8. The lowest BCUT2D eigenvalue weighted by atomic mass is 10.1. The quantitative estimate of drug-likeness (QED) is 0.452. The molecule has 1 fully saturated rings. The molecule has 0 saturated carbocycles. The van der Waals surface area contributed by atoms with Gasteiger partial charge in [-0.25, -0.2) is 0 Å². The number of hydrogen-bond acceptors (Lipinski definition) is 7. The van der Waals surface area contributed by atoms with Crippen LogP contribution in [0.2, 0.25) is 0 Å². The van der Waals surface area contributed by atoms with Crippen LogP contribution >= 0.6 is 11.3 Å². The summed E-state index contributed by atoms with van der Waals surface area (Å²) in [5.41, 5.74) is 4.66. The lowest BCUT2D eigenvalue weighted by Crippen LogP contribution is -2.36. The summed E-state index contributed by atoms with van der Waals surface area (Å²) in [4.78, 5) is 29.3. The maximum absolute atomic E-state index is 12.7. The standard InChI is InChI=1S/C26H25N3O4S/c1-28(2)20-9-5-18(6-10-20)26(31)27-19-7-3-17(4-8-19)21-16-34-25-22(30)15-23(33-24(21)25)29-11-13-32-14-12-29/h3-10,15-16H,11-14H2,1-2H3,(H,27,31). The van der Waals surface area contributed by atoms with Crippen molar-refractivity contribution in [2.45, 2.75) is 0 Å². The average molecular weight is 476 g/mol. The molecule has 1 amide bonds. The van der Waals surface area contributed by atoms with Gasteiger partial charge in [0.1, 0.15) is 4.70 Å². The van der Waals surface area contributed by atoms with Gasteiger partial charge in [0.05, 0.1) is 13.2 Å². The number of hydrogen-bond donors (Lipinski definition) is 1. The van der Waals surface area contributed by atoms with Crippen molar-refractivity contribution in [2.24, 2.45) is 0 Å². The van der Waals surface area contributed by atoms with Gasteiger partial charge < -0.3 is 24.3 Å². The van der Waals surface area contributed by atoms with Gasteiger partial charge in [0, 0.05) is 61.1 Å². The minimum atomic E-state index is -0.166. The van der Waals surface area contributed by atoms with Gasteiger partial charge in [-0.15, -0.1) is 11.3 Å². The first-order valence-corrected chi connectivity index (χ1v) is 11.9. The number of rotatable bonds is 5. The number of carbonyl (C=O) groups is 1. The third-order valence-electron chi connectivity index (χ3n) is 5.85. The van der Waals surface area contributed by atoms with Crippen LogP contribution in [0.1, 0.15) is 10.4 Å². The molecule has 0 aliphatic carbocycles. The number of carbonyl (C=O) groups excluding carboxylic acids is 1. The number of fused-ring (bicyclic) bond motifs is 1. The van der Waals surface area contributed by atoms with Gasteiger partial charge >= 0.3 is 0 Å². The molecule has 2 aromatic heterocycles. The summed E-state index contributed by atoms with van der Waals surface area (Å²) in [6.07, 6.45) is 0. The van der Waals surface area contributed by atoms with Crippen LogP contribution in [0.5, 0.6) is 0 Å². The molecule has 1 aliphatic rings. The summed E-state index contributed by atoms with van der Waals surface area (Å²) in [6, 6.07) is 16.6. The zero-order valence-electron chi connectivity index (χ0n) is 19.0. The van der Waals surface area contributed by atoms with Crippen LogP contribution in [-0.2, 0) is 4.74 Å². The molecule has 1 aliphatic heterocycles. The van der Waals surface area contributed by atoms with Crippen molar-refractivity contribution < 1.29 is 13.9 Å². The Bertz CT molecular complexity index is 1370. The number of anilines is 3. The van der Waals surface area contributed by atoms with Gasteiger partial charge in [0.2, 0.25) is 5.43 Å². The highest BCUT2D eigenvalue weighted by molar-refractivity contribution is 7.17. The summed E-state index contributed by atoms with van der Waals surface area (Å²) < 4.78 is 12.2. The lowest BCUT2D eigenvalue weighted by Gasteiger charge is -2.27. The molecule has 5 rings (SSSR count). The molecule has 0 radical (unpaired) electrons. The molecule has 34 heavy (non-hydrogen) atoms. The van der Waals surface area contributed by atoms with E-state index in [0.29, 0.717) is 53.7 Å². The summed E-state index contributed by atoms with van der Waals surface area (Å²) in [5, 5.41) is 4.88. The Morgan fingerprint density at radius 2 is 1.74 bits per heavy atom. The van der Waals surface area contributed by atoms with Gasteiger partial charge in [0.25, 0.3) is 5.91 Å². The Morgan fingerprint density at radius 3 is 2.41 bits per heavy atom. The Balaban J connectivity index is 1.37. The molecule has 0 bridgehead atoms. The molecule has 1 saturated heterocycles. The second-order valence-corrected chi connectivity index (χ2v) is 9.21. The van der Waals surface area contributed by atoms with E-state index in [1.165, 1.54) is 11.3 Å². The minimum Gasteiger partial charge on any atom is -0.439 e. The molecule has 0 spiro atoms. The van der Waals surface area contributed by atoms with Crippen LogP contribution in [0.15, 0.2) is 69.2 Å². The summed E-state index contributed by atoms with van der Waals surface area (Å²) in [7, 11) is 3.92. The number of benzene rings is 2. The van der Waals surface area contributed by atoms with E-state index in [1.54, 1.807) is 6.07 Å². The maximum atomic E-state index is 12.7. The van der Waals surface area contributed by atoms with Crippen LogP contribution in [0.3, 0.4) is 0 Å². The van der Waals surface area contributed by atoms with E-state index < -0.39 is 0 Å². The summed E-state index contributed by atoms with van der Waals surface area (Å²) in [5.74, 6) is 0.407. The minimum absolute atomic E-state index is 0.0387. The van der Waals surface area contributed by atoms with Crippen molar-refractivity contribution >= 4 is 44.8 Å². The monoisotopic (exact) mass is 475 g/mol. The van der Waals surface area contributed by atoms with E-state index in [-0.39, 0.29) is 11.3 Å². The van der Waals surface area contributed by atoms with Crippen molar-refractivity contribution in [3.05, 3.63) is 75.8 Å². The summed E-state index contributed by atoms with van der Waals surface area (Å²) in [6.45, 7) is 2.62. The molecular weight excluding hydrogens is 450 g/mol. The zero-order valence-corrected chi connectivity index (χ0v) is 19.9. The molecule has 0 unspecified atom stereocenters. The number of amides is 1. The van der Waals surface area contributed by atoms with E-state index in [1.807, 2.05) is 77.8 Å². The van der Waals surface area contributed by atoms with E-state index in [2.05, 4.69) is 5.32 Å². The molecule has 3 heterocycles. The fraction of sp³-hybridized carbons (Fsp3) is 0.231. The number of nitrogens with one attached hydrogen (secondary N) is 1. The average Bonchev–Trinajstić information content (AvgIpc) is 3.30. The van der Waals surface area contributed by atoms with Gasteiger partial charge in [-0.3, -0.25) is 9.59 Å². The predicted octanol–water partition coefficient (Wildman–Crippen LogP) is 4.68. The van der Waals surface area contributed by atoms with Crippen molar-refractivity contribution in [2.75, 3.05) is 55.5 Å². The molecule has 4 aromatic rings. The lowest BCUT2D eigenvalue weighted by molar-refractivity contribution is 0.102. The molecule has 8 heteroatoms. The highest BCUT2D eigenvalue weighted by atomic mass is 32.1. The number of thiophene rings is 1. The molecule has 2 aromatic carbocycles. The Hall–Kier alpha value is -3.62. The van der Waals surface area contributed by atoms with Gasteiger partial charge in [-0.05, 0) is 42.0 Å². The van der Waals surface area contributed by atoms with Crippen molar-refractivity contribution in [1.82, 2.24) is 0 Å². The largest absolute Gasteiger partial charge is 0.439 e. The topological polar surface area (TPSA) is 75.0 Å². The van der Waals surface area contributed by atoms with Crippen LogP contribution in [0, 0.1) is 0 Å². The SMILES string of the molecule is CN(C)c1ccc(C(=O)Nc2ccc(-c3csc4c(=O)cc(N5CCOCC5)oc34)cc2)cc1. The fourth-order valence-electron chi connectivity index (χ4n) is 3.92. The van der Waals surface area contributed by atoms with E-state index >= 15 is 0 Å². The summed E-state index contributed by atoms with van der Waals surface area (Å²) >= 11 is 1.38. The number of ether oxygens (including phenoxy) is 1. The van der Waals surface area contributed by atoms with Gasteiger partial charge in [-0.2, -0.15) is 0 Å². The molecule has 7 nitrogen and oxygen atoms in total. The Morgan fingerprint density at radius 1 is 1.03 bits per heavy atom. The first-order valence-electron chi connectivity index (χ1n) is 11.1. The fourth-order valence-corrected chi connectivity index (χ4v) is 4.83. The first-order chi connectivity index (χ1) is 16.5. The number of morpholine rings is 1. The Kier molecular flexibility index (Phi) is 6.08. The maximum Gasteiger partial charge on any atom is 0.255 e. The van der Waals surface area contributed by atoms with E-state index in [9.17, 15) is 9.59 Å². The van der Waals surface area contributed by atoms with E-state index in [4.69, 9.17) is 9.15 Å². The van der Waals surface area contributed by atoms with Gasteiger partial charge in [0.15, 0.2) is 11.5 Å². The second-order valence-electron chi connectivity index (χ2n) is 8.33. The van der Waals surface area contributed by atoms with Crippen molar-refractivity contribution in [3.63, 3.8) is 0 Å². The highest BCUT2D eigenvalue weighted by Gasteiger charge is 2.18. The zero-order chi connectivity index (χ0) is 23.7. The molecule has 174 valence electrons. The third kappa shape index (κ3) is 4.42. The van der Waals surface area contributed by atoms with Crippen LogP contribution in [-0.4, -0.2) is 46.3 Å². The van der Waals surface area contributed by atoms with E-state index in [0.717, 1.165) is 16.8 Å².